The molecule has 2 heterocycles. The van der Waals surface area contributed by atoms with E-state index in [0.717, 1.165) is 21.5 Å². The number of aliphatic hydroxyl groups excluding tert-OH is 1. The molecule has 3 N–H and O–H groups in total. The van der Waals surface area contributed by atoms with Crippen LogP contribution < -0.4 is 10.6 Å². The van der Waals surface area contributed by atoms with Crippen molar-refractivity contribution < 1.29 is 9.90 Å². The molecule has 0 saturated carbocycles. The van der Waals surface area contributed by atoms with Crippen molar-refractivity contribution in [3.8, 4) is 11.3 Å². The summed E-state index contributed by atoms with van der Waals surface area (Å²) < 4.78 is 2.84. The summed E-state index contributed by atoms with van der Waals surface area (Å²) in [5, 5.41) is 15.2. The highest BCUT2D eigenvalue weighted by Crippen LogP contribution is 2.30. The quantitative estimate of drug-likeness (QED) is 0.684. The molecule has 0 atom stereocenters. The van der Waals surface area contributed by atoms with Crippen LogP contribution in [-0.4, -0.2) is 32.2 Å². The summed E-state index contributed by atoms with van der Waals surface area (Å²) in [5.74, 6) is 0.608. The number of urea groups is 1. The van der Waals surface area contributed by atoms with Gasteiger partial charge in [-0.1, -0.05) is 17.4 Å². The largest absolute Gasteiger partial charge is 0.388 e. The van der Waals surface area contributed by atoms with Crippen molar-refractivity contribution in [2.45, 2.75) is 13.5 Å². The van der Waals surface area contributed by atoms with E-state index < -0.39 is 0 Å². The number of thiazole rings is 1. The van der Waals surface area contributed by atoms with E-state index >= 15 is 0 Å². The molecule has 7 nitrogen and oxygen atoms in total. The molecule has 23 heavy (non-hydrogen) atoms. The second kappa shape index (κ2) is 6.35. The van der Waals surface area contributed by atoms with Crippen LogP contribution in [0.25, 0.3) is 21.5 Å². The third kappa shape index (κ3) is 3.03. The van der Waals surface area contributed by atoms with Gasteiger partial charge in [-0.05, 0) is 19.1 Å². The Morgan fingerprint density at radius 2 is 2.26 bits per heavy atom. The first-order valence-corrected chi connectivity index (χ1v) is 8.01. The minimum absolute atomic E-state index is 0.101. The fraction of sp³-hybridized carbons (Fsp3) is 0.267. The summed E-state index contributed by atoms with van der Waals surface area (Å²) in [5.41, 5.74) is 2.68. The van der Waals surface area contributed by atoms with E-state index in [2.05, 4.69) is 20.6 Å². The topological polar surface area (TPSA) is 92.1 Å². The number of aromatic nitrogens is 3. The first kappa shape index (κ1) is 15.4. The number of fused-ring (bicyclic) bond motifs is 1. The smallest absolute Gasteiger partial charge is 0.321 e. The minimum Gasteiger partial charge on any atom is -0.388 e. The predicted molar refractivity (Wildman–Crippen MR) is 90.4 cm³/mol. The molecule has 2 amide bonds. The lowest BCUT2D eigenvalue weighted by atomic mass is 10.1. The van der Waals surface area contributed by atoms with Gasteiger partial charge < -0.3 is 15.0 Å². The van der Waals surface area contributed by atoms with E-state index in [0.29, 0.717) is 17.5 Å². The molecular weight excluding hydrogens is 314 g/mol. The number of anilines is 1. The molecule has 0 aliphatic heterocycles. The Kier molecular flexibility index (Phi) is 4.26. The van der Waals surface area contributed by atoms with Crippen molar-refractivity contribution in [2.75, 3.05) is 11.9 Å². The number of carbonyl (C=O) groups excluding carboxylic acids is 1. The van der Waals surface area contributed by atoms with E-state index in [4.69, 9.17) is 0 Å². The molecule has 2 aromatic heterocycles. The zero-order valence-corrected chi connectivity index (χ0v) is 13.6. The highest BCUT2D eigenvalue weighted by Gasteiger charge is 2.11. The molecule has 0 spiro atoms. The summed E-state index contributed by atoms with van der Waals surface area (Å²) in [6, 6.07) is 5.64. The van der Waals surface area contributed by atoms with Crippen LogP contribution in [0.1, 0.15) is 12.7 Å². The first-order chi connectivity index (χ1) is 11.1. The molecule has 0 saturated heterocycles. The third-order valence-corrected chi connectivity index (χ3v) is 4.42. The standard InChI is InChI=1S/C15H17N5O2S/c1-3-16-14(22)19-15-18-10-6-9(4-5-12(10)23-15)11-7-17-13(8-21)20(11)2/h4-7,21H,3,8H2,1-2H3,(H2,16,18,19,22). The lowest BCUT2D eigenvalue weighted by Crippen LogP contribution is -2.28. The van der Waals surface area contributed by atoms with Gasteiger partial charge in [0.1, 0.15) is 12.4 Å². The Morgan fingerprint density at radius 1 is 1.43 bits per heavy atom. The van der Waals surface area contributed by atoms with Crippen molar-refractivity contribution in [3.63, 3.8) is 0 Å². The maximum Gasteiger partial charge on any atom is 0.321 e. The van der Waals surface area contributed by atoms with E-state index in [-0.39, 0.29) is 12.6 Å². The van der Waals surface area contributed by atoms with Gasteiger partial charge in [0, 0.05) is 19.2 Å². The molecule has 0 radical (unpaired) electrons. The van der Waals surface area contributed by atoms with E-state index in [1.807, 2.05) is 36.7 Å². The number of benzene rings is 1. The SMILES string of the molecule is CCNC(=O)Nc1nc2cc(-c3cnc(CO)n3C)ccc2s1. The van der Waals surface area contributed by atoms with Gasteiger partial charge in [0.2, 0.25) is 0 Å². The van der Waals surface area contributed by atoms with Crippen molar-refractivity contribution in [1.82, 2.24) is 19.9 Å². The molecular formula is C15H17N5O2S. The number of carbonyl (C=O) groups is 1. The fourth-order valence-corrected chi connectivity index (χ4v) is 3.15. The monoisotopic (exact) mass is 331 g/mol. The van der Waals surface area contributed by atoms with Gasteiger partial charge in [-0.3, -0.25) is 5.32 Å². The zero-order chi connectivity index (χ0) is 16.4. The molecule has 0 fully saturated rings. The van der Waals surface area contributed by atoms with E-state index in [1.165, 1.54) is 11.3 Å². The van der Waals surface area contributed by atoms with Gasteiger partial charge >= 0.3 is 6.03 Å². The summed E-state index contributed by atoms with van der Waals surface area (Å²) in [6.07, 6.45) is 1.73. The number of hydrogen-bond acceptors (Lipinski definition) is 5. The number of rotatable bonds is 4. The van der Waals surface area contributed by atoms with Crippen molar-refractivity contribution in [2.24, 2.45) is 7.05 Å². The molecule has 0 bridgehead atoms. The Labute approximate surface area is 137 Å². The number of aliphatic hydroxyl groups is 1. The van der Waals surface area contributed by atoms with Crippen LogP contribution in [0.15, 0.2) is 24.4 Å². The molecule has 8 heteroatoms. The van der Waals surface area contributed by atoms with E-state index in [1.54, 1.807) is 6.20 Å². The molecule has 3 rings (SSSR count). The van der Waals surface area contributed by atoms with Gasteiger partial charge in [0.05, 0.1) is 22.1 Å². The fourth-order valence-electron chi connectivity index (χ4n) is 2.31. The predicted octanol–water partition coefficient (Wildman–Crippen LogP) is 2.33. The second-order valence-electron chi connectivity index (χ2n) is 4.96. The lowest BCUT2D eigenvalue weighted by Gasteiger charge is -2.04. The summed E-state index contributed by atoms with van der Waals surface area (Å²) in [7, 11) is 1.86. The molecule has 0 unspecified atom stereocenters. The number of nitrogens with zero attached hydrogens (tertiary/aromatic N) is 3. The number of nitrogens with one attached hydrogen (secondary N) is 2. The number of hydrogen-bond donors (Lipinski definition) is 3. The van der Waals surface area contributed by atoms with Crippen LogP contribution in [-0.2, 0) is 13.7 Å². The van der Waals surface area contributed by atoms with Gasteiger partial charge in [-0.15, -0.1) is 0 Å². The second-order valence-corrected chi connectivity index (χ2v) is 5.99. The lowest BCUT2D eigenvalue weighted by molar-refractivity contribution is 0.252. The number of imidazole rings is 1. The zero-order valence-electron chi connectivity index (χ0n) is 12.8. The van der Waals surface area contributed by atoms with Crippen molar-refractivity contribution in [3.05, 3.63) is 30.2 Å². The van der Waals surface area contributed by atoms with Crippen molar-refractivity contribution >= 4 is 32.7 Å². The van der Waals surface area contributed by atoms with Gasteiger partial charge in [-0.25, -0.2) is 14.8 Å². The molecule has 0 aliphatic carbocycles. The Morgan fingerprint density at radius 3 is 2.96 bits per heavy atom. The number of amides is 2. The average molecular weight is 331 g/mol. The maximum atomic E-state index is 11.6. The van der Waals surface area contributed by atoms with E-state index in [9.17, 15) is 9.90 Å². The van der Waals surface area contributed by atoms with Gasteiger partial charge in [-0.2, -0.15) is 0 Å². The van der Waals surface area contributed by atoms with Crippen LogP contribution in [0, 0.1) is 0 Å². The summed E-state index contributed by atoms with van der Waals surface area (Å²) in [4.78, 5) is 20.2. The maximum absolute atomic E-state index is 11.6. The first-order valence-electron chi connectivity index (χ1n) is 7.19. The normalized spacial score (nSPS) is 10.9. The third-order valence-electron chi connectivity index (χ3n) is 3.47. The molecule has 120 valence electrons. The highest BCUT2D eigenvalue weighted by molar-refractivity contribution is 7.22. The average Bonchev–Trinajstić information content (AvgIpc) is 3.09. The van der Waals surface area contributed by atoms with Gasteiger partial charge in [0.25, 0.3) is 0 Å². The van der Waals surface area contributed by atoms with Crippen LogP contribution in [0.4, 0.5) is 9.93 Å². The molecule has 3 aromatic rings. The molecule has 1 aromatic carbocycles. The molecule has 0 aliphatic rings. The van der Waals surface area contributed by atoms with Crippen LogP contribution >= 0.6 is 11.3 Å². The summed E-state index contributed by atoms with van der Waals surface area (Å²) in [6.45, 7) is 2.32. The Balaban J connectivity index is 1.92. The van der Waals surface area contributed by atoms with Crippen LogP contribution in [0.5, 0.6) is 0 Å². The van der Waals surface area contributed by atoms with Crippen LogP contribution in [0.3, 0.4) is 0 Å². The Bertz CT molecular complexity index is 855. The highest BCUT2D eigenvalue weighted by atomic mass is 32.1. The minimum atomic E-state index is -0.258. The van der Waals surface area contributed by atoms with Gasteiger partial charge in [0.15, 0.2) is 5.13 Å². The summed E-state index contributed by atoms with van der Waals surface area (Å²) >= 11 is 1.42. The van der Waals surface area contributed by atoms with Crippen LogP contribution in [0.2, 0.25) is 0 Å². The van der Waals surface area contributed by atoms with Crippen molar-refractivity contribution in [1.29, 1.82) is 0 Å². The Hall–Kier alpha value is -2.45.